The molecule has 0 radical (unpaired) electrons. The summed E-state index contributed by atoms with van der Waals surface area (Å²) >= 11 is 8.78. The van der Waals surface area contributed by atoms with Crippen LogP contribution >= 0.6 is 27.5 Å². The molecule has 2 aromatic rings. The Labute approximate surface area is 114 Å². The summed E-state index contributed by atoms with van der Waals surface area (Å²) in [7, 11) is 0. The lowest BCUT2D eigenvalue weighted by Crippen LogP contribution is -2.20. The third-order valence-electron chi connectivity index (χ3n) is 2.29. The van der Waals surface area contributed by atoms with Gasteiger partial charge in [0.05, 0.1) is 0 Å². The number of halogens is 5. The molecular weight excluding hydrogens is 334 g/mol. The fourth-order valence-electron chi connectivity index (χ4n) is 1.65. The molecule has 0 amide bonds. The number of fused-ring (bicyclic) bond motifs is 1. The maximum atomic E-state index is 12.5. The molecule has 0 unspecified atom stereocenters. The van der Waals surface area contributed by atoms with Crippen molar-refractivity contribution >= 4 is 38.7 Å². The average Bonchev–Trinajstić information content (AvgIpc) is 2.54. The predicted octanol–water partition coefficient (Wildman–Crippen LogP) is 3.54. The van der Waals surface area contributed by atoms with Crippen LogP contribution in [0.15, 0.2) is 16.7 Å². The van der Waals surface area contributed by atoms with Gasteiger partial charge in [0.1, 0.15) is 17.9 Å². The molecule has 0 fully saturated rings. The maximum absolute atomic E-state index is 12.5. The van der Waals surface area contributed by atoms with E-state index >= 15 is 0 Å². The molecular formula is C10H8BrClF3N3. The molecule has 0 aromatic carbocycles. The van der Waals surface area contributed by atoms with Gasteiger partial charge in [-0.3, -0.25) is 0 Å². The fourth-order valence-corrected chi connectivity index (χ4v) is 2.14. The number of pyridine rings is 1. The molecule has 3 nitrogen and oxygen atoms in total. The molecule has 0 aliphatic carbocycles. The van der Waals surface area contributed by atoms with Gasteiger partial charge in [0, 0.05) is 23.0 Å². The van der Waals surface area contributed by atoms with Crippen LogP contribution in [-0.2, 0) is 13.0 Å². The summed E-state index contributed by atoms with van der Waals surface area (Å²) in [5.41, 5.74) is 0.643. The van der Waals surface area contributed by atoms with Crippen molar-refractivity contribution in [3.05, 3.63) is 22.6 Å². The zero-order chi connectivity index (χ0) is 13.3. The monoisotopic (exact) mass is 341 g/mol. The first-order chi connectivity index (χ1) is 8.40. The highest BCUT2D eigenvalue weighted by Crippen LogP contribution is 2.24. The number of aryl methyl sites for hydroxylation is 1. The van der Waals surface area contributed by atoms with Crippen molar-refractivity contribution < 1.29 is 13.2 Å². The van der Waals surface area contributed by atoms with Gasteiger partial charge >= 0.3 is 6.18 Å². The van der Waals surface area contributed by atoms with E-state index in [0.717, 1.165) is 4.57 Å². The Morgan fingerprint density at radius 1 is 1.39 bits per heavy atom. The zero-order valence-electron chi connectivity index (χ0n) is 9.01. The Hall–Kier alpha value is -0.820. The van der Waals surface area contributed by atoms with E-state index < -0.39 is 12.7 Å². The first kappa shape index (κ1) is 13.6. The van der Waals surface area contributed by atoms with Gasteiger partial charge in [-0.05, 0) is 22.0 Å². The SMILES string of the molecule is FC(F)(F)Cn1c(CCCl)nc2cc(Br)cnc21. The number of alkyl halides is 4. The average molecular weight is 343 g/mol. The highest BCUT2D eigenvalue weighted by molar-refractivity contribution is 9.10. The van der Waals surface area contributed by atoms with Crippen molar-refractivity contribution in [1.82, 2.24) is 14.5 Å². The lowest BCUT2D eigenvalue weighted by Gasteiger charge is -2.10. The van der Waals surface area contributed by atoms with Gasteiger partial charge in [-0.2, -0.15) is 13.2 Å². The van der Waals surface area contributed by atoms with Crippen LogP contribution in [0.4, 0.5) is 13.2 Å². The lowest BCUT2D eigenvalue weighted by molar-refractivity contribution is -0.140. The van der Waals surface area contributed by atoms with E-state index in [1.807, 2.05) is 0 Å². The van der Waals surface area contributed by atoms with E-state index in [1.54, 1.807) is 6.07 Å². The van der Waals surface area contributed by atoms with E-state index in [1.165, 1.54) is 6.20 Å². The van der Waals surface area contributed by atoms with Crippen molar-refractivity contribution in [3.63, 3.8) is 0 Å². The van der Waals surface area contributed by atoms with Crippen molar-refractivity contribution in [2.24, 2.45) is 0 Å². The second kappa shape index (κ2) is 5.05. The Morgan fingerprint density at radius 3 is 2.72 bits per heavy atom. The van der Waals surface area contributed by atoms with Gasteiger partial charge < -0.3 is 4.57 Å². The molecule has 0 aliphatic rings. The number of imidazole rings is 1. The molecule has 0 bridgehead atoms. The molecule has 2 aromatic heterocycles. The minimum absolute atomic E-state index is 0.211. The third-order valence-corrected chi connectivity index (χ3v) is 2.91. The quantitative estimate of drug-likeness (QED) is 0.799. The number of hydrogen-bond donors (Lipinski definition) is 0. The maximum Gasteiger partial charge on any atom is 0.406 e. The molecule has 0 N–H and O–H groups in total. The number of nitrogens with zero attached hydrogens (tertiary/aromatic N) is 3. The van der Waals surface area contributed by atoms with Gasteiger partial charge in [0.15, 0.2) is 5.65 Å². The van der Waals surface area contributed by atoms with Crippen LogP contribution in [0.2, 0.25) is 0 Å². The highest BCUT2D eigenvalue weighted by Gasteiger charge is 2.30. The Kier molecular flexibility index (Phi) is 3.82. The summed E-state index contributed by atoms with van der Waals surface area (Å²) in [4.78, 5) is 8.11. The van der Waals surface area contributed by atoms with Crippen molar-refractivity contribution in [2.75, 3.05) is 5.88 Å². The first-order valence-electron chi connectivity index (χ1n) is 5.04. The second-order valence-electron chi connectivity index (χ2n) is 3.66. The van der Waals surface area contributed by atoms with Crippen molar-refractivity contribution in [1.29, 1.82) is 0 Å². The minimum Gasteiger partial charge on any atom is -0.303 e. The van der Waals surface area contributed by atoms with E-state index in [9.17, 15) is 13.2 Å². The zero-order valence-corrected chi connectivity index (χ0v) is 11.3. The summed E-state index contributed by atoms with van der Waals surface area (Å²) in [5.74, 6) is 0.505. The van der Waals surface area contributed by atoms with Crippen LogP contribution in [0.3, 0.4) is 0 Å². The van der Waals surface area contributed by atoms with Gasteiger partial charge in [0.2, 0.25) is 0 Å². The summed E-state index contributed by atoms with van der Waals surface area (Å²) in [6, 6.07) is 1.63. The number of hydrogen-bond acceptors (Lipinski definition) is 2. The predicted molar refractivity (Wildman–Crippen MR) is 65.7 cm³/mol. The Bertz CT molecular complexity index is 567. The Morgan fingerprint density at radius 2 is 2.11 bits per heavy atom. The van der Waals surface area contributed by atoms with E-state index in [2.05, 4.69) is 25.9 Å². The molecule has 0 aliphatic heterocycles. The van der Waals surface area contributed by atoms with Crippen LogP contribution in [0, 0.1) is 0 Å². The normalized spacial score (nSPS) is 12.3. The fraction of sp³-hybridized carbons (Fsp3) is 0.400. The van der Waals surface area contributed by atoms with Gasteiger partial charge in [-0.25, -0.2) is 9.97 Å². The molecule has 8 heteroatoms. The second-order valence-corrected chi connectivity index (χ2v) is 4.96. The summed E-state index contributed by atoms with van der Waals surface area (Å²) in [5, 5.41) is 0. The van der Waals surface area contributed by atoms with E-state index in [4.69, 9.17) is 11.6 Å². The summed E-state index contributed by atoms with van der Waals surface area (Å²) < 4.78 is 39.3. The summed E-state index contributed by atoms with van der Waals surface area (Å²) in [6.07, 6.45) is -2.60. The van der Waals surface area contributed by atoms with Gasteiger partial charge in [-0.15, -0.1) is 11.6 Å². The molecule has 0 saturated carbocycles. The van der Waals surface area contributed by atoms with Crippen LogP contribution in [0.25, 0.3) is 11.2 Å². The standard InChI is InChI=1S/C10H8BrClF3N3/c11-6-3-7-9(16-4-6)18(5-10(13,14)15)8(17-7)1-2-12/h3-4H,1-2,5H2. The van der Waals surface area contributed by atoms with Crippen molar-refractivity contribution in [2.45, 2.75) is 19.1 Å². The minimum atomic E-state index is -4.32. The molecule has 0 atom stereocenters. The van der Waals surface area contributed by atoms with Gasteiger partial charge in [0.25, 0.3) is 0 Å². The molecule has 2 rings (SSSR count). The van der Waals surface area contributed by atoms with Gasteiger partial charge in [-0.1, -0.05) is 0 Å². The molecule has 98 valence electrons. The summed E-state index contributed by atoms with van der Waals surface area (Å²) in [6.45, 7) is -1.11. The van der Waals surface area contributed by atoms with E-state index in [-0.39, 0.29) is 17.9 Å². The first-order valence-corrected chi connectivity index (χ1v) is 6.37. The Balaban J connectivity index is 2.55. The number of aromatic nitrogens is 3. The van der Waals surface area contributed by atoms with Crippen LogP contribution < -0.4 is 0 Å². The lowest BCUT2D eigenvalue weighted by atomic mass is 10.4. The molecule has 0 spiro atoms. The molecule has 0 saturated heterocycles. The smallest absolute Gasteiger partial charge is 0.303 e. The third kappa shape index (κ3) is 2.95. The van der Waals surface area contributed by atoms with Crippen molar-refractivity contribution in [3.8, 4) is 0 Å². The van der Waals surface area contributed by atoms with E-state index in [0.29, 0.717) is 15.8 Å². The largest absolute Gasteiger partial charge is 0.406 e. The van der Waals surface area contributed by atoms with Crippen LogP contribution in [0.1, 0.15) is 5.82 Å². The topological polar surface area (TPSA) is 30.7 Å². The highest BCUT2D eigenvalue weighted by atomic mass is 79.9. The van der Waals surface area contributed by atoms with Crippen LogP contribution in [-0.4, -0.2) is 26.6 Å². The van der Waals surface area contributed by atoms with Crippen LogP contribution in [0.5, 0.6) is 0 Å². The molecule has 2 heterocycles. The number of rotatable bonds is 3. The molecule has 18 heavy (non-hydrogen) atoms.